The van der Waals surface area contributed by atoms with Crippen LogP contribution in [0.15, 0.2) is 28.4 Å². The van der Waals surface area contributed by atoms with E-state index < -0.39 is 0 Å². The number of thiophene rings is 1. The molecule has 0 bridgehead atoms. The van der Waals surface area contributed by atoms with Crippen molar-refractivity contribution >= 4 is 51.0 Å². The molecule has 1 aliphatic carbocycles. The lowest BCUT2D eigenvalue weighted by Gasteiger charge is -2.09. The van der Waals surface area contributed by atoms with E-state index in [0.29, 0.717) is 16.0 Å². The third kappa shape index (κ3) is 2.94. The Morgan fingerprint density at radius 3 is 2.92 bits per heavy atom. The van der Waals surface area contributed by atoms with E-state index in [1.165, 1.54) is 34.2 Å². The molecule has 0 saturated carbocycles. The summed E-state index contributed by atoms with van der Waals surface area (Å²) in [6.45, 7) is 0. The van der Waals surface area contributed by atoms with Gasteiger partial charge in [0.2, 0.25) is 0 Å². The molecular weight excluding hydrogens is 381 g/mol. The first kappa shape index (κ1) is 16.6. The van der Waals surface area contributed by atoms with Crippen molar-refractivity contribution in [2.75, 3.05) is 0 Å². The van der Waals surface area contributed by atoms with E-state index in [-0.39, 0.29) is 16.3 Å². The molecule has 0 unspecified atom stereocenters. The van der Waals surface area contributed by atoms with Crippen LogP contribution in [0.25, 0.3) is 10.2 Å². The van der Waals surface area contributed by atoms with Crippen LogP contribution in [0.3, 0.4) is 0 Å². The average Bonchev–Trinajstić information content (AvgIpc) is 2.97. The van der Waals surface area contributed by atoms with E-state index in [0.717, 1.165) is 36.1 Å². The topological polar surface area (TPSA) is 67.5 Å². The summed E-state index contributed by atoms with van der Waals surface area (Å²) < 4.78 is 1.18. The van der Waals surface area contributed by atoms with Crippen molar-refractivity contribution in [2.45, 2.75) is 25.7 Å². The highest BCUT2D eigenvalue weighted by atomic mass is 35.5. The first-order valence-corrected chi connectivity index (χ1v) is 9.36. The van der Waals surface area contributed by atoms with Gasteiger partial charge < -0.3 is 5.11 Å². The van der Waals surface area contributed by atoms with Crippen molar-refractivity contribution < 1.29 is 5.11 Å². The van der Waals surface area contributed by atoms with E-state index >= 15 is 0 Å². The fourth-order valence-corrected chi connectivity index (χ4v) is 4.76. The minimum absolute atomic E-state index is 0.127. The molecule has 2 heterocycles. The van der Waals surface area contributed by atoms with Crippen molar-refractivity contribution in [2.24, 2.45) is 5.10 Å². The van der Waals surface area contributed by atoms with E-state index in [2.05, 4.69) is 10.1 Å². The summed E-state index contributed by atoms with van der Waals surface area (Å²) >= 11 is 13.4. The van der Waals surface area contributed by atoms with Crippen molar-refractivity contribution in [3.8, 4) is 5.75 Å². The molecule has 0 aliphatic heterocycles. The number of fused-ring (bicyclic) bond motifs is 3. The molecular formula is C17H13Cl2N3O2S. The molecule has 3 aromatic rings. The summed E-state index contributed by atoms with van der Waals surface area (Å²) in [4.78, 5) is 19.2. The van der Waals surface area contributed by atoms with Gasteiger partial charge >= 0.3 is 0 Å². The first-order chi connectivity index (χ1) is 12.0. The molecule has 0 fully saturated rings. The normalized spacial score (nSPS) is 14.3. The minimum atomic E-state index is -0.201. The Kier molecular flexibility index (Phi) is 4.27. The SMILES string of the molecule is O=c1c2c3c(sc2ncn1N=Cc1cc(Cl)cc(Cl)c1O)CCCC3. The molecule has 0 radical (unpaired) electrons. The van der Waals surface area contributed by atoms with E-state index in [1.807, 2.05) is 0 Å². The fraction of sp³-hybridized carbons (Fsp3) is 0.235. The second-order valence-corrected chi connectivity index (χ2v) is 7.78. The molecule has 1 aromatic carbocycles. The van der Waals surface area contributed by atoms with Gasteiger partial charge in [-0.3, -0.25) is 4.79 Å². The molecule has 0 atom stereocenters. The van der Waals surface area contributed by atoms with Gasteiger partial charge in [-0.25, -0.2) is 4.98 Å². The molecule has 1 N–H and O–H groups in total. The summed E-state index contributed by atoms with van der Waals surface area (Å²) in [5, 5.41) is 15.3. The van der Waals surface area contributed by atoms with Gasteiger partial charge in [0.15, 0.2) is 0 Å². The van der Waals surface area contributed by atoms with Gasteiger partial charge in [0, 0.05) is 15.5 Å². The predicted molar refractivity (Wildman–Crippen MR) is 102 cm³/mol. The number of aryl methyl sites for hydroxylation is 2. The summed E-state index contributed by atoms with van der Waals surface area (Å²) in [5.74, 6) is -0.134. The summed E-state index contributed by atoms with van der Waals surface area (Å²) in [5.41, 5.74) is 1.24. The van der Waals surface area contributed by atoms with Crippen LogP contribution < -0.4 is 5.56 Å². The lowest BCUT2D eigenvalue weighted by atomic mass is 9.97. The predicted octanol–water partition coefficient (Wildman–Crippen LogP) is 4.23. The standard InChI is InChI=1S/C17H13Cl2N3O2S/c18-10-5-9(15(23)12(19)6-10)7-21-22-8-20-16-14(17(22)24)11-3-1-2-4-13(11)25-16/h5-8,23H,1-4H2. The summed E-state index contributed by atoms with van der Waals surface area (Å²) in [6.07, 6.45) is 6.90. The molecule has 128 valence electrons. The van der Waals surface area contributed by atoms with E-state index in [9.17, 15) is 9.90 Å². The monoisotopic (exact) mass is 393 g/mol. The Bertz CT molecular complexity index is 1070. The van der Waals surface area contributed by atoms with Crippen molar-refractivity contribution in [3.05, 3.63) is 54.9 Å². The zero-order chi connectivity index (χ0) is 17.6. The first-order valence-electron chi connectivity index (χ1n) is 7.79. The zero-order valence-corrected chi connectivity index (χ0v) is 15.3. The highest BCUT2D eigenvalue weighted by molar-refractivity contribution is 7.18. The second kappa shape index (κ2) is 6.44. The number of phenols is 1. The molecule has 0 saturated heterocycles. The number of nitrogens with zero attached hydrogens (tertiary/aromatic N) is 3. The van der Waals surface area contributed by atoms with Gasteiger partial charge in [0.25, 0.3) is 5.56 Å². The lowest BCUT2D eigenvalue weighted by Crippen LogP contribution is -2.18. The third-order valence-corrected chi connectivity index (χ3v) is 5.94. The van der Waals surface area contributed by atoms with Gasteiger partial charge in [0.05, 0.1) is 16.6 Å². The van der Waals surface area contributed by atoms with Crippen molar-refractivity contribution in [3.63, 3.8) is 0 Å². The molecule has 8 heteroatoms. The molecule has 4 rings (SSSR count). The maximum atomic E-state index is 12.8. The third-order valence-electron chi connectivity index (χ3n) is 4.24. The molecule has 0 spiro atoms. The van der Waals surface area contributed by atoms with Crippen LogP contribution in [0.1, 0.15) is 28.8 Å². The highest BCUT2D eigenvalue weighted by Crippen LogP contribution is 2.33. The minimum Gasteiger partial charge on any atom is -0.506 e. The Morgan fingerprint density at radius 2 is 2.08 bits per heavy atom. The Morgan fingerprint density at radius 1 is 1.28 bits per heavy atom. The van der Waals surface area contributed by atoms with Gasteiger partial charge in [-0.1, -0.05) is 23.2 Å². The quantitative estimate of drug-likeness (QED) is 0.662. The van der Waals surface area contributed by atoms with Gasteiger partial charge in [-0.15, -0.1) is 11.3 Å². The van der Waals surface area contributed by atoms with Gasteiger partial charge in [0.1, 0.15) is 16.9 Å². The number of rotatable bonds is 2. The number of hydrogen-bond acceptors (Lipinski definition) is 5. The van der Waals surface area contributed by atoms with Crippen LogP contribution in [-0.2, 0) is 12.8 Å². The van der Waals surface area contributed by atoms with Crippen LogP contribution in [-0.4, -0.2) is 21.0 Å². The van der Waals surface area contributed by atoms with Crippen LogP contribution >= 0.6 is 34.5 Å². The van der Waals surface area contributed by atoms with Crippen molar-refractivity contribution in [1.29, 1.82) is 0 Å². The average molecular weight is 394 g/mol. The molecule has 25 heavy (non-hydrogen) atoms. The molecule has 1 aliphatic rings. The molecule has 5 nitrogen and oxygen atoms in total. The maximum Gasteiger partial charge on any atom is 0.282 e. The van der Waals surface area contributed by atoms with E-state index in [4.69, 9.17) is 23.2 Å². The van der Waals surface area contributed by atoms with Gasteiger partial charge in [-0.2, -0.15) is 9.78 Å². The zero-order valence-electron chi connectivity index (χ0n) is 13.0. The van der Waals surface area contributed by atoms with E-state index in [1.54, 1.807) is 11.3 Å². The van der Waals surface area contributed by atoms with Crippen LogP contribution in [0, 0.1) is 0 Å². The number of phenolic OH excluding ortho intramolecular Hbond substituents is 1. The number of aromatic nitrogens is 2. The second-order valence-electron chi connectivity index (χ2n) is 5.86. The number of halogens is 2. The summed E-state index contributed by atoms with van der Waals surface area (Å²) in [6, 6.07) is 2.96. The number of benzene rings is 1. The van der Waals surface area contributed by atoms with Crippen LogP contribution in [0.2, 0.25) is 10.0 Å². The van der Waals surface area contributed by atoms with Crippen molar-refractivity contribution in [1.82, 2.24) is 9.66 Å². The Balaban J connectivity index is 1.80. The Hall–Kier alpha value is -1.89. The smallest absolute Gasteiger partial charge is 0.282 e. The van der Waals surface area contributed by atoms with Crippen LogP contribution in [0.5, 0.6) is 5.75 Å². The van der Waals surface area contributed by atoms with Crippen LogP contribution in [0.4, 0.5) is 0 Å². The highest BCUT2D eigenvalue weighted by Gasteiger charge is 2.19. The lowest BCUT2D eigenvalue weighted by molar-refractivity contribution is 0.474. The Labute approximate surface area is 157 Å². The summed E-state index contributed by atoms with van der Waals surface area (Å²) in [7, 11) is 0. The molecule has 0 amide bonds. The maximum absolute atomic E-state index is 12.8. The fourth-order valence-electron chi connectivity index (χ4n) is 3.03. The number of hydrogen-bond donors (Lipinski definition) is 1. The largest absolute Gasteiger partial charge is 0.506 e. The number of aromatic hydroxyl groups is 1. The molecule has 2 aromatic heterocycles. The van der Waals surface area contributed by atoms with Gasteiger partial charge in [-0.05, 0) is 43.4 Å².